The lowest BCUT2D eigenvalue weighted by Gasteiger charge is -2.28. The van der Waals surface area contributed by atoms with Gasteiger partial charge in [0.25, 0.3) is 0 Å². The number of nitrogens with one attached hydrogen (secondary N) is 2. The van der Waals surface area contributed by atoms with Crippen LogP contribution in [0.3, 0.4) is 0 Å². The number of hydrogen-bond acceptors (Lipinski definition) is 6. The van der Waals surface area contributed by atoms with Crippen LogP contribution in [0.1, 0.15) is 24.8 Å². The van der Waals surface area contributed by atoms with Crippen LogP contribution in [0.25, 0.3) is 10.8 Å². The molecule has 0 spiro atoms. The molecule has 202 valence electrons. The van der Waals surface area contributed by atoms with Crippen molar-refractivity contribution in [3.8, 4) is 0 Å². The third-order valence-electron chi connectivity index (χ3n) is 6.08. The number of nitrogens with zero attached hydrogens (tertiary/aromatic N) is 3. The van der Waals surface area contributed by atoms with E-state index < -0.39 is 12.1 Å². The summed E-state index contributed by atoms with van der Waals surface area (Å²) in [5.74, 6) is 0.155. The molecule has 1 aromatic heterocycles. The third kappa shape index (κ3) is 8.32. The first-order valence-electron chi connectivity index (χ1n) is 12.1. The Morgan fingerprint density at radius 1 is 1.05 bits per heavy atom. The summed E-state index contributed by atoms with van der Waals surface area (Å²) in [7, 11) is 4.55. The van der Waals surface area contributed by atoms with E-state index in [2.05, 4.69) is 15.6 Å². The molecule has 0 aliphatic rings. The van der Waals surface area contributed by atoms with Crippen LogP contribution in [0.5, 0.6) is 0 Å². The normalized spacial score (nSPS) is 11.5. The Morgan fingerprint density at radius 2 is 1.76 bits per heavy atom. The zero-order valence-corrected chi connectivity index (χ0v) is 22.4. The smallest absolute Gasteiger partial charge is 0.412 e. The number of amides is 4. The number of carbonyl (C=O) groups is 3. The predicted molar refractivity (Wildman–Crippen MR) is 146 cm³/mol. The Bertz CT molecular complexity index is 1260. The molecule has 3 aromatic rings. The number of hydroxylamine groups is 2. The fourth-order valence-electron chi connectivity index (χ4n) is 3.70. The third-order valence-corrected chi connectivity index (χ3v) is 6.45. The van der Waals surface area contributed by atoms with Crippen molar-refractivity contribution in [2.45, 2.75) is 31.8 Å². The maximum absolute atomic E-state index is 12.9. The van der Waals surface area contributed by atoms with Crippen LogP contribution >= 0.6 is 11.6 Å². The van der Waals surface area contributed by atoms with Crippen LogP contribution in [-0.4, -0.2) is 66.8 Å². The summed E-state index contributed by atoms with van der Waals surface area (Å²) in [6.07, 6.45) is 2.05. The molecule has 0 unspecified atom stereocenters. The zero-order valence-electron chi connectivity index (χ0n) is 21.6. The second-order valence-corrected chi connectivity index (χ2v) is 9.03. The Kier molecular flexibility index (Phi) is 10.7. The largest absolute Gasteiger partial charge is 0.447 e. The minimum absolute atomic E-state index is 0.0796. The number of carbonyl (C=O) groups excluding carboxylic acids is 3. The Balaban J connectivity index is 1.60. The average molecular weight is 542 g/mol. The second-order valence-electron chi connectivity index (χ2n) is 8.62. The minimum atomic E-state index is -0.696. The van der Waals surface area contributed by atoms with Crippen molar-refractivity contribution in [1.29, 1.82) is 0 Å². The van der Waals surface area contributed by atoms with E-state index in [0.29, 0.717) is 23.7 Å². The minimum Gasteiger partial charge on any atom is -0.447 e. The van der Waals surface area contributed by atoms with Crippen molar-refractivity contribution in [2.24, 2.45) is 0 Å². The number of hydrogen-bond donors (Lipinski definition) is 2. The number of halogens is 1. The molecule has 0 radical (unpaired) electrons. The Morgan fingerprint density at radius 3 is 2.50 bits per heavy atom. The fraction of sp³-hybridized carbons (Fsp3) is 0.333. The van der Waals surface area contributed by atoms with Crippen LogP contribution in [-0.2, 0) is 20.9 Å². The molecule has 0 saturated carbocycles. The molecule has 4 amide bonds. The molecular weight excluding hydrogens is 510 g/mol. The fourth-order valence-corrected chi connectivity index (χ4v) is 3.91. The van der Waals surface area contributed by atoms with Gasteiger partial charge in [-0.3, -0.25) is 14.9 Å². The van der Waals surface area contributed by atoms with Crippen LogP contribution in [0, 0.1) is 0 Å². The Labute approximate surface area is 226 Å². The second kappa shape index (κ2) is 14.2. The first-order chi connectivity index (χ1) is 18.3. The standard InChI is InChI=1S/C27H32ClN5O5/c1-32(26(35)30-17-21-11-6-7-13-23(21)28)22(12-8-14-25(34)33(2)37-3)18-38-27(36)31-24-15-19-9-4-5-10-20(19)16-29-24/h4-7,9-11,13,15-16,22H,8,12,14,17-18H2,1-3H3,(H,30,35)(H,29,31,36)/t22-/m0/s1. The molecule has 11 heteroatoms. The highest BCUT2D eigenvalue weighted by Gasteiger charge is 2.23. The molecule has 2 aromatic carbocycles. The van der Waals surface area contributed by atoms with Gasteiger partial charge in [-0.05, 0) is 35.9 Å². The summed E-state index contributed by atoms with van der Waals surface area (Å²) in [6.45, 7) is 0.158. The summed E-state index contributed by atoms with van der Waals surface area (Å²) in [6, 6.07) is 15.8. The van der Waals surface area contributed by atoms with Gasteiger partial charge >= 0.3 is 12.1 Å². The number of pyridine rings is 1. The van der Waals surface area contributed by atoms with Gasteiger partial charge in [0.1, 0.15) is 12.4 Å². The van der Waals surface area contributed by atoms with Crippen LogP contribution in [0.15, 0.2) is 60.8 Å². The van der Waals surface area contributed by atoms with Crippen LogP contribution in [0.4, 0.5) is 15.4 Å². The van der Waals surface area contributed by atoms with Gasteiger partial charge in [-0.1, -0.05) is 54.1 Å². The van der Waals surface area contributed by atoms with E-state index in [4.69, 9.17) is 21.2 Å². The van der Waals surface area contributed by atoms with Crippen LogP contribution in [0.2, 0.25) is 5.02 Å². The number of anilines is 1. The number of ether oxygens (including phenoxy) is 1. The number of fused-ring (bicyclic) bond motifs is 1. The van der Waals surface area contributed by atoms with E-state index in [1.165, 1.54) is 19.1 Å². The van der Waals surface area contributed by atoms with E-state index in [9.17, 15) is 14.4 Å². The zero-order chi connectivity index (χ0) is 27.5. The van der Waals surface area contributed by atoms with Gasteiger partial charge < -0.3 is 15.0 Å². The molecule has 0 aliphatic carbocycles. The average Bonchev–Trinajstić information content (AvgIpc) is 2.93. The first-order valence-corrected chi connectivity index (χ1v) is 12.5. The topological polar surface area (TPSA) is 113 Å². The molecule has 0 fully saturated rings. The molecule has 0 aliphatic heterocycles. The van der Waals surface area contributed by atoms with Crippen molar-refractivity contribution in [3.63, 3.8) is 0 Å². The molecule has 0 bridgehead atoms. The number of aromatic nitrogens is 1. The van der Waals surface area contributed by atoms with Gasteiger partial charge in [0.2, 0.25) is 5.91 Å². The van der Waals surface area contributed by atoms with Gasteiger partial charge in [-0.2, -0.15) is 0 Å². The Hall–Kier alpha value is -3.89. The summed E-state index contributed by atoms with van der Waals surface area (Å²) in [5, 5.41) is 9.03. The predicted octanol–water partition coefficient (Wildman–Crippen LogP) is 4.84. The molecule has 2 N–H and O–H groups in total. The van der Waals surface area contributed by atoms with Gasteiger partial charge in [0, 0.05) is 43.7 Å². The maximum Gasteiger partial charge on any atom is 0.412 e. The number of rotatable bonds is 11. The lowest BCUT2D eigenvalue weighted by Crippen LogP contribution is -2.46. The molecule has 0 saturated heterocycles. The van der Waals surface area contributed by atoms with Crippen molar-refractivity contribution in [2.75, 3.05) is 33.1 Å². The lowest BCUT2D eigenvalue weighted by atomic mass is 10.1. The monoisotopic (exact) mass is 541 g/mol. The van der Waals surface area contributed by atoms with Crippen LogP contribution < -0.4 is 10.6 Å². The molecular formula is C27H32ClN5O5. The summed E-state index contributed by atoms with van der Waals surface area (Å²) in [5.41, 5.74) is 0.777. The molecule has 38 heavy (non-hydrogen) atoms. The van der Waals surface area contributed by atoms with E-state index in [-0.39, 0.29) is 31.5 Å². The van der Waals surface area contributed by atoms with E-state index >= 15 is 0 Å². The SMILES string of the molecule is CON(C)C(=O)CCC[C@@H](COC(=O)Nc1cc2ccccc2cn1)N(C)C(=O)NCc1ccccc1Cl. The number of benzene rings is 2. The van der Waals surface area contributed by atoms with Gasteiger partial charge in [-0.15, -0.1) is 0 Å². The number of likely N-dealkylation sites (N-methyl/N-ethyl adjacent to an activating group) is 1. The highest BCUT2D eigenvalue weighted by Crippen LogP contribution is 2.17. The van der Waals surface area contributed by atoms with Crippen molar-refractivity contribution in [1.82, 2.24) is 20.3 Å². The lowest BCUT2D eigenvalue weighted by molar-refractivity contribution is -0.168. The van der Waals surface area contributed by atoms with E-state index in [0.717, 1.165) is 21.4 Å². The number of urea groups is 1. The highest BCUT2D eigenvalue weighted by atomic mass is 35.5. The van der Waals surface area contributed by atoms with E-state index in [1.807, 2.05) is 42.5 Å². The molecule has 1 heterocycles. The molecule has 10 nitrogen and oxygen atoms in total. The van der Waals surface area contributed by atoms with Crippen molar-refractivity contribution in [3.05, 3.63) is 71.4 Å². The van der Waals surface area contributed by atoms with Crippen molar-refractivity contribution < 1.29 is 24.0 Å². The summed E-state index contributed by atoms with van der Waals surface area (Å²) < 4.78 is 5.45. The summed E-state index contributed by atoms with van der Waals surface area (Å²) >= 11 is 6.19. The highest BCUT2D eigenvalue weighted by molar-refractivity contribution is 6.31. The summed E-state index contributed by atoms with van der Waals surface area (Å²) in [4.78, 5) is 48.1. The molecule has 3 rings (SSSR count). The first kappa shape index (κ1) is 28.7. The quantitative estimate of drug-likeness (QED) is 0.336. The van der Waals surface area contributed by atoms with Gasteiger partial charge in [0.15, 0.2) is 0 Å². The van der Waals surface area contributed by atoms with Gasteiger partial charge in [-0.25, -0.2) is 19.6 Å². The van der Waals surface area contributed by atoms with Gasteiger partial charge in [0.05, 0.1) is 13.2 Å². The van der Waals surface area contributed by atoms with Crippen molar-refractivity contribution >= 4 is 46.2 Å². The maximum atomic E-state index is 12.9. The molecule has 1 atom stereocenters. The van der Waals surface area contributed by atoms with E-state index in [1.54, 1.807) is 25.4 Å².